The summed E-state index contributed by atoms with van der Waals surface area (Å²) in [7, 11) is 0. The van der Waals surface area contributed by atoms with Crippen LogP contribution in [0.5, 0.6) is 5.88 Å². The fourth-order valence-corrected chi connectivity index (χ4v) is 1.19. The smallest absolute Gasteiger partial charge is 0.425 e. The molecule has 0 fully saturated rings. The number of hydrogen-bond donors (Lipinski definition) is 1. The maximum Gasteiger partial charge on any atom is 0.425 e. The second-order valence-electron chi connectivity index (χ2n) is 4.34. The second-order valence-corrected chi connectivity index (χ2v) is 4.34. The Morgan fingerprint density at radius 1 is 1.33 bits per heavy atom. The first-order chi connectivity index (χ1) is 8.29. The van der Waals surface area contributed by atoms with Crippen LogP contribution in [-0.2, 0) is 6.54 Å². The monoisotopic (exact) mass is 262 g/mol. The molecule has 0 aromatic carbocycles. The Labute approximate surface area is 104 Å². The molecule has 1 aromatic rings. The Morgan fingerprint density at radius 3 is 2.56 bits per heavy atom. The van der Waals surface area contributed by atoms with Crippen molar-refractivity contribution in [2.45, 2.75) is 45.6 Å². The Morgan fingerprint density at radius 2 is 2.00 bits per heavy atom. The van der Waals surface area contributed by atoms with Crippen LogP contribution in [0.3, 0.4) is 0 Å². The summed E-state index contributed by atoms with van der Waals surface area (Å²) in [5, 5.41) is 3.17. The van der Waals surface area contributed by atoms with E-state index in [0.29, 0.717) is 12.6 Å². The SMILES string of the molecule is CC(C)NCc1ccnc(OC(C)C(F)(F)F)c1. The Kier molecular flexibility index (Phi) is 4.95. The molecule has 0 saturated heterocycles. The van der Waals surface area contributed by atoms with Gasteiger partial charge in [-0.1, -0.05) is 13.8 Å². The lowest BCUT2D eigenvalue weighted by atomic mass is 10.2. The molecule has 1 N–H and O–H groups in total. The lowest BCUT2D eigenvalue weighted by Gasteiger charge is -2.17. The van der Waals surface area contributed by atoms with Gasteiger partial charge in [-0.2, -0.15) is 13.2 Å². The molecule has 18 heavy (non-hydrogen) atoms. The van der Waals surface area contributed by atoms with Gasteiger partial charge >= 0.3 is 6.18 Å². The molecule has 0 aliphatic rings. The maximum absolute atomic E-state index is 12.3. The van der Waals surface area contributed by atoms with Crippen molar-refractivity contribution in [2.24, 2.45) is 0 Å². The van der Waals surface area contributed by atoms with Crippen molar-refractivity contribution in [1.29, 1.82) is 0 Å². The van der Waals surface area contributed by atoms with Crippen LogP contribution < -0.4 is 10.1 Å². The maximum atomic E-state index is 12.3. The number of aromatic nitrogens is 1. The van der Waals surface area contributed by atoms with Crippen molar-refractivity contribution in [3.8, 4) is 5.88 Å². The van der Waals surface area contributed by atoms with Gasteiger partial charge in [-0.25, -0.2) is 4.98 Å². The predicted molar refractivity (Wildman–Crippen MR) is 62.4 cm³/mol. The van der Waals surface area contributed by atoms with Crippen molar-refractivity contribution in [3.05, 3.63) is 23.9 Å². The van der Waals surface area contributed by atoms with E-state index in [4.69, 9.17) is 4.74 Å². The van der Waals surface area contributed by atoms with Gasteiger partial charge in [0.1, 0.15) is 0 Å². The summed E-state index contributed by atoms with van der Waals surface area (Å²) in [5.74, 6) is -0.0112. The van der Waals surface area contributed by atoms with Gasteiger partial charge in [0.2, 0.25) is 5.88 Å². The first-order valence-electron chi connectivity index (χ1n) is 5.70. The molecule has 0 spiro atoms. The Hall–Kier alpha value is -1.30. The van der Waals surface area contributed by atoms with Gasteiger partial charge < -0.3 is 10.1 Å². The average molecular weight is 262 g/mol. The minimum Gasteiger partial charge on any atom is -0.465 e. The lowest BCUT2D eigenvalue weighted by molar-refractivity contribution is -0.190. The van der Waals surface area contributed by atoms with Crippen LogP contribution in [0.4, 0.5) is 13.2 Å². The van der Waals surface area contributed by atoms with E-state index in [1.54, 1.807) is 6.07 Å². The number of halogens is 3. The minimum absolute atomic E-state index is 0.0112. The fraction of sp³-hybridized carbons (Fsp3) is 0.583. The summed E-state index contributed by atoms with van der Waals surface area (Å²) in [6.45, 7) is 5.51. The molecular formula is C12H17F3N2O. The van der Waals surface area contributed by atoms with E-state index in [2.05, 4.69) is 10.3 Å². The third-order valence-electron chi connectivity index (χ3n) is 2.27. The van der Waals surface area contributed by atoms with Crippen LogP contribution in [0.1, 0.15) is 26.3 Å². The zero-order chi connectivity index (χ0) is 13.8. The summed E-state index contributed by atoms with van der Waals surface area (Å²) in [5.41, 5.74) is 0.836. The quantitative estimate of drug-likeness (QED) is 0.886. The van der Waals surface area contributed by atoms with E-state index in [1.807, 2.05) is 13.8 Å². The number of hydrogen-bond acceptors (Lipinski definition) is 3. The first kappa shape index (κ1) is 14.8. The highest BCUT2D eigenvalue weighted by molar-refractivity contribution is 5.20. The van der Waals surface area contributed by atoms with Crippen LogP contribution >= 0.6 is 0 Å². The predicted octanol–water partition coefficient (Wildman–Crippen LogP) is 2.91. The van der Waals surface area contributed by atoms with E-state index in [1.165, 1.54) is 12.3 Å². The second kappa shape index (κ2) is 6.04. The molecule has 1 rings (SSSR count). The van der Waals surface area contributed by atoms with Gasteiger partial charge in [-0.05, 0) is 18.6 Å². The topological polar surface area (TPSA) is 34.2 Å². The molecule has 1 atom stereocenters. The molecule has 0 bridgehead atoms. The molecule has 102 valence electrons. The molecule has 1 heterocycles. The summed E-state index contributed by atoms with van der Waals surface area (Å²) in [4.78, 5) is 3.77. The van der Waals surface area contributed by atoms with Gasteiger partial charge in [0.05, 0.1) is 0 Å². The number of pyridine rings is 1. The summed E-state index contributed by atoms with van der Waals surface area (Å²) >= 11 is 0. The van der Waals surface area contributed by atoms with Crippen molar-refractivity contribution in [1.82, 2.24) is 10.3 Å². The van der Waals surface area contributed by atoms with Gasteiger partial charge in [0.15, 0.2) is 6.10 Å². The number of nitrogens with one attached hydrogen (secondary N) is 1. The van der Waals surface area contributed by atoms with E-state index < -0.39 is 12.3 Å². The molecule has 0 amide bonds. The normalized spacial score (nSPS) is 13.7. The Balaban J connectivity index is 2.65. The van der Waals surface area contributed by atoms with Crippen LogP contribution in [0.25, 0.3) is 0 Å². The summed E-state index contributed by atoms with van der Waals surface area (Å²) < 4.78 is 41.7. The molecule has 0 saturated carbocycles. The molecule has 6 heteroatoms. The largest absolute Gasteiger partial charge is 0.465 e. The standard InChI is InChI=1S/C12H17F3N2O/c1-8(2)17-7-10-4-5-16-11(6-10)18-9(3)12(13,14)15/h4-6,8-9,17H,7H2,1-3H3. The van der Waals surface area contributed by atoms with Gasteiger partial charge in [0, 0.05) is 24.8 Å². The highest BCUT2D eigenvalue weighted by atomic mass is 19.4. The third-order valence-corrected chi connectivity index (χ3v) is 2.27. The molecule has 1 unspecified atom stereocenters. The zero-order valence-electron chi connectivity index (χ0n) is 10.6. The van der Waals surface area contributed by atoms with Crippen LogP contribution in [-0.4, -0.2) is 23.3 Å². The lowest BCUT2D eigenvalue weighted by Crippen LogP contribution is -2.31. The number of alkyl halides is 3. The van der Waals surface area contributed by atoms with Crippen LogP contribution in [0.2, 0.25) is 0 Å². The van der Waals surface area contributed by atoms with E-state index in [9.17, 15) is 13.2 Å². The van der Waals surface area contributed by atoms with Gasteiger partial charge in [0.25, 0.3) is 0 Å². The molecule has 3 nitrogen and oxygen atoms in total. The summed E-state index contributed by atoms with van der Waals surface area (Å²) in [6.07, 6.45) is -4.80. The van der Waals surface area contributed by atoms with Crippen molar-refractivity contribution < 1.29 is 17.9 Å². The van der Waals surface area contributed by atoms with Crippen LogP contribution in [0, 0.1) is 0 Å². The zero-order valence-corrected chi connectivity index (χ0v) is 10.6. The first-order valence-corrected chi connectivity index (χ1v) is 5.70. The molecular weight excluding hydrogens is 245 g/mol. The number of ether oxygens (including phenoxy) is 1. The van der Waals surface area contributed by atoms with Crippen molar-refractivity contribution in [2.75, 3.05) is 0 Å². The molecule has 1 aromatic heterocycles. The van der Waals surface area contributed by atoms with E-state index in [-0.39, 0.29) is 5.88 Å². The minimum atomic E-state index is -4.38. The molecule has 0 aliphatic heterocycles. The van der Waals surface area contributed by atoms with Crippen LogP contribution in [0.15, 0.2) is 18.3 Å². The van der Waals surface area contributed by atoms with Gasteiger partial charge in [-0.3, -0.25) is 0 Å². The molecule has 0 aliphatic carbocycles. The summed E-state index contributed by atoms with van der Waals surface area (Å²) in [6, 6.07) is 3.55. The van der Waals surface area contributed by atoms with Crippen molar-refractivity contribution in [3.63, 3.8) is 0 Å². The third kappa shape index (κ3) is 4.91. The highest BCUT2D eigenvalue weighted by Crippen LogP contribution is 2.24. The average Bonchev–Trinajstić information content (AvgIpc) is 2.25. The van der Waals surface area contributed by atoms with Crippen molar-refractivity contribution >= 4 is 0 Å². The highest BCUT2D eigenvalue weighted by Gasteiger charge is 2.38. The Bertz CT molecular complexity index is 380. The number of nitrogens with zero attached hydrogens (tertiary/aromatic N) is 1. The van der Waals surface area contributed by atoms with E-state index in [0.717, 1.165) is 12.5 Å². The van der Waals surface area contributed by atoms with Gasteiger partial charge in [-0.15, -0.1) is 0 Å². The van der Waals surface area contributed by atoms with E-state index >= 15 is 0 Å². The molecule has 0 radical (unpaired) electrons. The number of rotatable bonds is 5. The fourth-order valence-electron chi connectivity index (χ4n) is 1.19.